The lowest BCUT2D eigenvalue weighted by molar-refractivity contribution is 0.0787. The Bertz CT molecular complexity index is 1010. The molecule has 1 aromatic heterocycles. The number of nitrogens with zero attached hydrogens (tertiary/aromatic N) is 5. The van der Waals surface area contributed by atoms with Gasteiger partial charge in [-0.1, -0.05) is 11.3 Å². The smallest absolute Gasteiger partial charge is 0.276 e. The summed E-state index contributed by atoms with van der Waals surface area (Å²) in [6, 6.07) is 3.93. The van der Waals surface area contributed by atoms with E-state index in [9.17, 15) is 22.0 Å². The maximum atomic E-state index is 14.1. The summed E-state index contributed by atoms with van der Waals surface area (Å²) in [5.41, 5.74) is 0.182. The van der Waals surface area contributed by atoms with Gasteiger partial charge in [-0.3, -0.25) is 9.48 Å². The highest BCUT2D eigenvalue weighted by molar-refractivity contribution is 7.89. The molecule has 2 fully saturated rings. The van der Waals surface area contributed by atoms with Gasteiger partial charge in [-0.25, -0.2) is 17.2 Å². The van der Waals surface area contributed by atoms with Crippen molar-refractivity contribution in [1.82, 2.24) is 24.2 Å². The summed E-state index contributed by atoms with van der Waals surface area (Å²) < 4.78 is 55.8. The first-order valence-electron chi connectivity index (χ1n) is 9.45. The number of likely N-dealkylation sites (tertiary alicyclic amines) is 1. The van der Waals surface area contributed by atoms with Crippen molar-refractivity contribution >= 4 is 15.9 Å². The predicted octanol–water partition coefficient (Wildman–Crippen LogP) is 1.45. The molecule has 2 atom stereocenters. The fourth-order valence-corrected chi connectivity index (χ4v) is 5.52. The summed E-state index contributed by atoms with van der Waals surface area (Å²) in [4.78, 5) is 13.9. The molecule has 0 N–H and O–H groups in total. The van der Waals surface area contributed by atoms with Crippen molar-refractivity contribution in [1.29, 1.82) is 0 Å². The predicted molar refractivity (Wildman–Crippen MR) is 98.8 cm³/mol. The van der Waals surface area contributed by atoms with Crippen LogP contribution in [-0.4, -0.2) is 70.4 Å². The Morgan fingerprint density at radius 3 is 2.72 bits per heavy atom. The topological polar surface area (TPSA) is 88.4 Å². The average molecular weight is 425 g/mol. The molecular weight excluding hydrogens is 404 g/mol. The molecule has 2 unspecified atom stereocenters. The first-order valence-corrected chi connectivity index (χ1v) is 10.9. The Morgan fingerprint density at radius 1 is 1.24 bits per heavy atom. The number of aromatic nitrogens is 3. The highest BCUT2D eigenvalue weighted by atomic mass is 32.2. The first kappa shape index (κ1) is 19.9. The summed E-state index contributed by atoms with van der Waals surface area (Å²) in [7, 11) is -4.07. The largest absolute Gasteiger partial charge is 0.337 e. The molecule has 2 aliphatic rings. The van der Waals surface area contributed by atoms with Gasteiger partial charge in [0.25, 0.3) is 5.91 Å². The van der Waals surface area contributed by atoms with Gasteiger partial charge in [0.1, 0.15) is 12.0 Å². The molecule has 0 saturated carbocycles. The van der Waals surface area contributed by atoms with Crippen LogP contribution in [0.1, 0.15) is 29.8 Å². The van der Waals surface area contributed by atoms with E-state index in [-0.39, 0.29) is 36.0 Å². The van der Waals surface area contributed by atoms with E-state index in [2.05, 4.69) is 10.3 Å². The number of hydrogen-bond donors (Lipinski definition) is 0. The number of carbonyl (C=O) groups excluding carboxylic acids is 1. The zero-order valence-electron chi connectivity index (χ0n) is 15.6. The van der Waals surface area contributed by atoms with Crippen LogP contribution >= 0.6 is 0 Å². The molecule has 3 heterocycles. The van der Waals surface area contributed by atoms with Crippen LogP contribution in [0.5, 0.6) is 0 Å². The third-order valence-electron chi connectivity index (χ3n) is 5.26. The lowest BCUT2D eigenvalue weighted by atomic mass is 10.2. The van der Waals surface area contributed by atoms with Gasteiger partial charge in [0.2, 0.25) is 10.0 Å². The van der Waals surface area contributed by atoms with E-state index in [1.807, 2.05) is 0 Å². The van der Waals surface area contributed by atoms with E-state index >= 15 is 0 Å². The Kier molecular flexibility index (Phi) is 5.34. The Hall–Kier alpha value is -2.40. The normalized spacial score (nSPS) is 23.0. The molecule has 4 rings (SSSR count). The third-order valence-corrected chi connectivity index (χ3v) is 7.18. The van der Waals surface area contributed by atoms with Crippen molar-refractivity contribution in [3.8, 4) is 0 Å². The molecule has 2 aliphatic heterocycles. The SMILES string of the molecule is O=C(c1cn(CC2CC(F)CN2S(=O)(=O)c2cccc(F)c2)nn1)N1CCCC1. The van der Waals surface area contributed by atoms with Gasteiger partial charge in [-0.2, -0.15) is 4.31 Å². The van der Waals surface area contributed by atoms with E-state index in [1.54, 1.807) is 4.90 Å². The van der Waals surface area contributed by atoms with Crippen LogP contribution in [0, 0.1) is 5.82 Å². The second-order valence-corrected chi connectivity index (χ2v) is 9.23. The quantitative estimate of drug-likeness (QED) is 0.724. The maximum absolute atomic E-state index is 14.1. The fourth-order valence-electron chi connectivity index (χ4n) is 3.84. The lowest BCUT2D eigenvalue weighted by Crippen LogP contribution is -2.38. The number of alkyl halides is 1. The van der Waals surface area contributed by atoms with Crippen molar-refractivity contribution in [2.24, 2.45) is 0 Å². The number of benzene rings is 1. The minimum atomic E-state index is -4.07. The molecule has 2 aromatic rings. The van der Waals surface area contributed by atoms with Crippen molar-refractivity contribution in [2.75, 3.05) is 19.6 Å². The highest BCUT2D eigenvalue weighted by Crippen LogP contribution is 2.29. The zero-order chi connectivity index (χ0) is 20.6. The molecule has 0 aliphatic carbocycles. The minimum Gasteiger partial charge on any atom is -0.337 e. The summed E-state index contributed by atoms with van der Waals surface area (Å²) in [5, 5.41) is 7.80. The fraction of sp³-hybridized carbons (Fsp3) is 0.500. The monoisotopic (exact) mass is 425 g/mol. The van der Waals surface area contributed by atoms with E-state index in [0.717, 1.165) is 29.3 Å². The molecular formula is C18H21F2N5O3S. The van der Waals surface area contributed by atoms with Crippen LogP contribution in [0.3, 0.4) is 0 Å². The van der Waals surface area contributed by atoms with Crippen molar-refractivity contribution < 1.29 is 22.0 Å². The molecule has 0 bridgehead atoms. The van der Waals surface area contributed by atoms with E-state index < -0.39 is 28.1 Å². The molecule has 11 heteroatoms. The third kappa shape index (κ3) is 4.01. The maximum Gasteiger partial charge on any atom is 0.276 e. The van der Waals surface area contributed by atoms with Crippen molar-refractivity contribution in [3.05, 3.63) is 42.0 Å². The van der Waals surface area contributed by atoms with E-state index in [4.69, 9.17) is 0 Å². The minimum absolute atomic E-state index is 0.0101. The van der Waals surface area contributed by atoms with Crippen LogP contribution in [0.25, 0.3) is 0 Å². The van der Waals surface area contributed by atoms with Crippen molar-refractivity contribution in [2.45, 2.75) is 42.9 Å². The van der Waals surface area contributed by atoms with E-state index in [0.29, 0.717) is 13.1 Å². The Balaban J connectivity index is 1.52. The second-order valence-electron chi connectivity index (χ2n) is 7.34. The van der Waals surface area contributed by atoms with Gasteiger partial charge < -0.3 is 4.90 Å². The van der Waals surface area contributed by atoms with Crippen LogP contribution in [0.15, 0.2) is 35.4 Å². The van der Waals surface area contributed by atoms with Gasteiger partial charge >= 0.3 is 0 Å². The molecule has 2 saturated heterocycles. The number of carbonyl (C=O) groups is 1. The van der Waals surface area contributed by atoms with Crippen molar-refractivity contribution in [3.63, 3.8) is 0 Å². The molecule has 29 heavy (non-hydrogen) atoms. The number of hydrogen-bond acceptors (Lipinski definition) is 5. The van der Waals surface area contributed by atoms with Gasteiger partial charge in [0.05, 0.1) is 17.6 Å². The van der Waals surface area contributed by atoms with Crippen LogP contribution < -0.4 is 0 Å². The van der Waals surface area contributed by atoms with E-state index in [1.165, 1.54) is 23.0 Å². The number of sulfonamides is 1. The van der Waals surface area contributed by atoms with Gasteiger partial charge in [-0.15, -0.1) is 5.10 Å². The Morgan fingerprint density at radius 2 is 2.00 bits per heavy atom. The standard InChI is InChI=1S/C18H21F2N5O3S/c19-13-4-3-5-16(9-13)29(27,28)25-10-14(20)8-15(25)11-24-12-17(21-22-24)18(26)23-6-1-2-7-23/h3-5,9,12,14-15H,1-2,6-8,10-11H2. The summed E-state index contributed by atoms with van der Waals surface area (Å²) in [6.45, 7) is 1.10. The number of halogens is 2. The number of amides is 1. The number of rotatable bonds is 5. The Labute approximate surface area is 167 Å². The highest BCUT2D eigenvalue weighted by Gasteiger charge is 2.41. The zero-order valence-corrected chi connectivity index (χ0v) is 16.4. The van der Waals surface area contributed by atoms with Crippen LogP contribution in [0.2, 0.25) is 0 Å². The molecule has 0 radical (unpaired) electrons. The first-order chi connectivity index (χ1) is 13.8. The second kappa shape index (κ2) is 7.79. The van der Waals surface area contributed by atoms with Gasteiger partial charge in [0.15, 0.2) is 5.69 Å². The van der Waals surface area contributed by atoms with Crippen LogP contribution in [-0.2, 0) is 16.6 Å². The average Bonchev–Trinajstić information content (AvgIpc) is 3.43. The molecule has 156 valence electrons. The summed E-state index contributed by atoms with van der Waals surface area (Å²) in [5.74, 6) is -0.896. The molecule has 0 spiro atoms. The van der Waals surface area contributed by atoms with Gasteiger partial charge in [-0.05, 0) is 37.5 Å². The summed E-state index contributed by atoms with van der Waals surface area (Å²) >= 11 is 0. The van der Waals surface area contributed by atoms with Gasteiger partial charge in [0, 0.05) is 25.7 Å². The van der Waals surface area contributed by atoms with Crippen LogP contribution in [0.4, 0.5) is 8.78 Å². The molecule has 1 aromatic carbocycles. The molecule has 1 amide bonds. The molecule has 8 nitrogen and oxygen atoms in total. The lowest BCUT2D eigenvalue weighted by Gasteiger charge is -2.23. The summed E-state index contributed by atoms with van der Waals surface area (Å²) in [6.07, 6.45) is 2.01.